The molecular formula is C19H32N2. The third-order valence-electron chi connectivity index (χ3n) is 4.42. The monoisotopic (exact) mass is 288 g/mol. The Hall–Kier alpha value is -1.02. The SMILES string of the molecule is CCNC(CC)c1ccc(N(CCC(C)C)C2CC2)cc1. The van der Waals surface area contributed by atoms with Crippen molar-refractivity contribution in [2.75, 3.05) is 18.0 Å². The van der Waals surface area contributed by atoms with Crippen molar-refractivity contribution >= 4 is 5.69 Å². The van der Waals surface area contributed by atoms with E-state index in [1.165, 1.54) is 37.1 Å². The topological polar surface area (TPSA) is 15.3 Å². The first-order valence-electron chi connectivity index (χ1n) is 8.75. The molecule has 2 rings (SSSR count). The summed E-state index contributed by atoms with van der Waals surface area (Å²) in [4.78, 5) is 2.62. The predicted molar refractivity (Wildman–Crippen MR) is 93.0 cm³/mol. The Bertz CT molecular complexity index is 406. The van der Waals surface area contributed by atoms with Crippen LogP contribution < -0.4 is 10.2 Å². The van der Waals surface area contributed by atoms with Crippen molar-refractivity contribution in [3.05, 3.63) is 29.8 Å². The molecule has 0 aliphatic heterocycles. The third kappa shape index (κ3) is 4.74. The fourth-order valence-corrected chi connectivity index (χ4v) is 2.95. The molecule has 0 bridgehead atoms. The number of anilines is 1. The smallest absolute Gasteiger partial charge is 0.0368 e. The quantitative estimate of drug-likeness (QED) is 0.704. The summed E-state index contributed by atoms with van der Waals surface area (Å²) in [5.41, 5.74) is 2.83. The van der Waals surface area contributed by atoms with Crippen LogP contribution in [0.5, 0.6) is 0 Å². The van der Waals surface area contributed by atoms with Crippen LogP contribution in [0.4, 0.5) is 5.69 Å². The zero-order valence-electron chi connectivity index (χ0n) is 14.2. The van der Waals surface area contributed by atoms with Gasteiger partial charge in [0, 0.05) is 24.3 Å². The molecule has 2 nitrogen and oxygen atoms in total. The number of nitrogens with one attached hydrogen (secondary N) is 1. The van der Waals surface area contributed by atoms with Crippen molar-refractivity contribution in [1.29, 1.82) is 0 Å². The minimum atomic E-state index is 0.495. The van der Waals surface area contributed by atoms with Crippen LogP contribution in [0.1, 0.15) is 65.0 Å². The maximum atomic E-state index is 3.56. The fourth-order valence-electron chi connectivity index (χ4n) is 2.95. The molecule has 118 valence electrons. The van der Waals surface area contributed by atoms with Crippen LogP contribution in [0.15, 0.2) is 24.3 Å². The van der Waals surface area contributed by atoms with E-state index in [0.717, 1.165) is 24.9 Å². The molecule has 1 aliphatic rings. The van der Waals surface area contributed by atoms with E-state index in [-0.39, 0.29) is 0 Å². The lowest BCUT2D eigenvalue weighted by atomic mass is 10.0. The van der Waals surface area contributed by atoms with Crippen molar-refractivity contribution in [2.24, 2.45) is 5.92 Å². The van der Waals surface area contributed by atoms with E-state index in [4.69, 9.17) is 0 Å². The molecule has 1 aliphatic carbocycles. The summed E-state index contributed by atoms with van der Waals surface area (Å²) in [6, 6.07) is 10.6. The molecule has 0 spiro atoms. The molecule has 0 aromatic heterocycles. The highest BCUT2D eigenvalue weighted by atomic mass is 15.2. The third-order valence-corrected chi connectivity index (χ3v) is 4.42. The Morgan fingerprint density at radius 1 is 1.14 bits per heavy atom. The van der Waals surface area contributed by atoms with Gasteiger partial charge in [0.2, 0.25) is 0 Å². The summed E-state index contributed by atoms with van der Waals surface area (Å²) in [6.45, 7) is 11.3. The van der Waals surface area contributed by atoms with Gasteiger partial charge in [-0.05, 0) is 55.8 Å². The molecule has 1 saturated carbocycles. The Morgan fingerprint density at radius 3 is 2.29 bits per heavy atom. The fraction of sp³-hybridized carbons (Fsp3) is 0.684. The first kappa shape index (κ1) is 16.4. The van der Waals surface area contributed by atoms with Crippen molar-refractivity contribution in [3.63, 3.8) is 0 Å². The molecule has 2 heteroatoms. The zero-order chi connectivity index (χ0) is 15.2. The van der Waals surface area contributed by atoms with Crippen LogP contribution in [-0.2, 0) is 0 Å². The maximum Gasteiger partial charge on any atom is 0.0368 e. The van der Waals surface area contributed by atoms with Gasteiger partial charge in [-0.25, -0.2) is 0 Å². The average Bonchev–Trinajstić information content (AvgIpc) is 3.30. The van der Waals surface area contributed by atoms with Gasteiger partial charge in [-0.1, -0.05) is 39.8 Å². The molecule has 1 aromatic carbocycles. The van der Waals surface area contributed by atoms with Gasteiger partial charge in [0.1, 0.15) is 0 Å². The molecular weight excluding hydrogens is 256 g/mol. The first-order chi connectivity index (χ1) is 10.2. The molecule has 1 aromatic rings. The minimum Gasteiger partial charge on any atom is -0.369 e. The lowest BCUT2D eigenvalue weighted by Crippen LogP contribution is -2.27. The predicted octanol–water partition coefficient (Wildman–Crippen LogP) is 4.76. The molecule has 0 radical (unpaired) electrons. The molecule has 21 heavy (non-hydrogen) atoms. The van der Waals surface area contributed by atoms with Gasteiger partial charge in [-0.15, -0.1) is 0 Å². The average molecular weight is 288 g/mol. The van der Waals surface area contributed by atoms with Crippen LogP contribution in [0.3, 0.4) is 0 Å². The number of nitrogens with zero attached hydrogens (tertiary/aromatic N) is 1. The van der Waals surface area contributed by atoms with E-state index in [1.54, 1.807) is 0 Å². The van der Waals surface area contributed by atoms with Crippen LogP contribution in [0.2, 0.25) is 0 Å². The van der Waals surface area contributed by atoms with E-state index >= 15 is 0 Å². The Balaban J connectivity index is 2.04. The highest BCUT2D eigenvalue weighted by Crippen LogP contribution is 2.33. The van der Waals surface area contributed by atoms with Crippen LogP contribution in [0, 0.1) is 5.92 Å². The van der Waals surface area contributed by atoms with Gasteiger partial charge in [0.05, 0.1) is 0 Å². The molecule has 1 fully saturated rings. The van der Waals surface area contributed by atoms with Crippen molar-refractivity contribution < 1.29 is 0 Å². The number of benzene rings is 1. The van der Waals surface area contributed by atoms with Crippen molar-refractivity contribution in [2.45, 2.75) is 65.5 Å². The largest absolute Gasteiger partial charge is 0.369 e. The van der Waals surface area contributed by atoms with E-state index < -0.39 is 0 Å². The van der Waals surface area contributed by atoms with Crippen molar-refractivity contribution in [3.8, 4) is 0 Å². The lowest BCUT2D eigenvalue weighted by molar-refractivity contribution is 0.537. The maximum absolute atomic E-state index is 3.56. The minimum absolute atomic E-state index is 0.495. The number of hydrogen-bond acceptors (Lipinski definition) is 2. The van der Waals surface area contributed by atoms with Crippen LogP contribution in [-0.4, -0.2) is 19.1 Å². The summed E-state index contributed by atoms with van der Waals surface area (Å²) >= 11 is 0. The van der Waals surface area contributed by atoms with Gasteiger partial charge in [-0.2, -0.15) is 0 Å². The summed E-state index contributed by atoms with van der Waals surface area (Å²) in [6.07, 6.45) is 5.17. The number of rotatable bonds is 9. The van der Waals surface area contributed by atoms with Gasteiger partial charge in [0.25, 0.3) is 0 Å². The van der Waals surface area contributed by atoms with Gasteiger partial charge in [-0.3, -0.25) is 0 Å². The summed E-state index contributed by atoms with van der Waals surface area (Å²) in [5.74, 6) is 0.781. The lowest BCUT2D eigenvalue weighted by Gasteiger charge is -2.26. The van der Waals surface area contributed by atoms with Gasteiger partial charge in [0.15, 0.2) is 0 Å². The van der Waals surface area contributed by atoms with Crippen molar-refractivity contribution in [1.82, 2.24) is 5.32 Å². The van der Waals surface area contributed by atoms with E-state index in [2.05, 4.69) is 62.2 Å². The van der Waals surface area contributed by atoms with Crippen LogP contribution in [0.25, 0.3) is 0 Å². The second kappa shape index (κ2) is 7.84. The van der Waals surface area contributed by atoms with E-state index in [0.29, 0.717) is 6.04 Å². The second-order valence-electron chi connectivity index (χ2n) is 6.72. The van der Waals surface area contributed by atoms with Crippen LogP contribution >= 0.6 is 0 Å². The Morgan fingerprint density at radius 2 is 1.81 bits per heavy atom. The molecule has 0 heterocycles. The van der Waals surface area contributed by atoms with Gasteiger partial charge >= 0.3 is 0 Å². The molecule has 0 saturated heterocycles. The van der Waals surface area contributed by atoms with E-state index in [9.17, 15) is 0 Å². The highest BCUT2D eigenvalue weighted by Gasteiger charge is 2.29. The van der Waals surface area contributed by atoms with Gasteiger partial charge < -0.3 is 10.2 Å². The highest BCUT2D eigenvalue weighted by molar-refractivity contribution is 5.50. The normalized spacial score (nSPS) is 16.2. The molecule has 1 atom stereocenters. The second-order valence-corrected chi connectivity index (χ2v) is 6.72. The standard InChI is InChI=1S/C19H32N2/c1-5-19(20-6-2)16-7-9-17(10-8-16)21(18-11-12-18)14-13-15(3)4/h7-10,15,18-20H,5-6,11-14H2,1-4H3. The van der Waals surface area contributed by atoms with E-state index in [1.807, 2.05) is 0 Å². The Labute approximate surface area is 130 Å². The summed E-state index contributed by atoms with van der Waals surface area (Å²) in [5, 5.41) is 3.56. The molecule has 1 N–H and O–H groups in total. The summed E-state index contributed by atoms with van der Waals surface area (Å²) < 4.78 is 0. The molecule has 1 unspecified atom stereocenters. The zero-order valence-corrected chi connectivity index (χ0v) is 14.2. The molecule has 0 amide bonds. The summed E-state index contributed by atoms with van der Waals surface area (Å²) in [7, 11) is 0. The number of hydrogen-bond donors (Lipinski definition) is 1. The Kier molecular flexibility index (Phi) is 6.10. The first-order valence-corrected chi connectivity index (χ1v) is 8.75.